The number of ether oxygens (including phenoxy) is 1. The Kier molecular flexibility index (Phi) is 7.36. The van der Waals surface area contributed by atoms with Crippen LogP contribution in [0.4, 0.5) is 0 Å². The highest BCUT2D eigenvalue weighted by Crippen LogP contribution is 2.21. The molecule has 3 rings (SSSR count). The Morgan fingerprint density at radius 2 is 1.74 bits per heavy atom. The van der Waals surface area contributed by atoms with Crippen molar-refractivity contribution >= 4 is 23.7 Å². The second-order valence-corrected chi connectivity index (χ2v) is 7.51. The van der Waals surface area contributed by atoms with Crippen molar-refractivity contribution in [2.75, 3.05) is 45.6 Å². The molecule has 1 heterocycles. The molecule has 1 fully saturated rings. The molecule has 4 nitrogen and oxygen atoms in total. The quantitative estimate of drug-likeness (QED) is 0.685. The monoisotopic (exact) mass is 382 g/mol. The number of benzene rings is 2. The minimum atomic E-state index is 0.218. The molecule has 0 unspecified atom stereocenters. The topological polar surface area (TPSA) is 32.8 Å². The molecule has 0 atom stereocenters. The number of amides is 1. The van der Waals surface area contributed by atoms with Crippen molar-refractivity contribution in [2.24, 2.45) is 0 Å². The molecule has 2 aromatic rings. The van der Waals surface area contributed by atoms with Crippen molar-refractivity contribution in [3.05, 3.63) is 66.2 Å². The minimum absolute atomic E-state index is 0.218. The number of hydrogen-bond donors (Lipinski definition) is 0. The van der Waals surface area contributed by atoms with Crippen LogP contribution >= 0.6 is 11.8 Å². The van der Waals surface area contributed by atoms with E-state index in [2.05, 4.69) is 29.2 Å². The first-order chi connectivity index (χ1) is 13.2. The molecule has 1 aliphatic heterocycles. The second-order valence-electron chi connectivity index (χ2n) is 6.46. The third-order valence-electron chi connectivity index (χ3n) is 4.62. The van der Waals surface area contributed by atoms with E-state index >= 15 is 0 Å². The number of thioether (sulfide) groups is 1. The number of carbonyl (C=O) groups is 1. The second kappa shape index (κ2) is 10.2. The van der Waals surface area contributed by atoms with Gasteiger partial charge in [0.25, 0.3) is 0 Å². The van der Waals surface area contributed by atoms with E-state index in [0.717, 1.165) is 43.4 Å². The first-order valence-electron chi connectivity index (χ1n) is 9.23. The van der Waals surface area contributed by atoms with Gasteiger partial charge >= 0.3 is 0 Å². The molecule has 27 heavy (non-hydrogen) atoms. The van der Waals surface area contributed by atoms with Gasteiger partial charge in [0.15, 0.2) is 0 Å². The molecule has 0 aromatic heterocycles. The van der Waals surface area contributed by atoms with Crippen molar-refractivity contribution in [1.29, 1.82) is 0 Å². The Bertz CT molecular complexity index is 739. The molecule has 5 heteroatoms. The molecular formula is C22H26N2O2S. The van der Waals surface area contributed by atoms with Crippen molar-refractivity contribution < 1.29 is 9.53 Å². The maximum Gasteiger partial charge on any atom is 0.233 e. The normalized spacial score (nSPS) is 15.2. The van der Waals surface area contributed by atoms with Crippen LogP contribution in [0.3, 0.4) is 0 Å². The molecule has 0 spiro atoms. The predicted octanol–water partition coefficient (Wildman–Crippen LogP) is 3.64. The molecule has 142 valence electrons. The van der Waals surface area contributed by atoms with E-state index < -0.39 is 0 Å². The van der Waals surface area contributed by atoms with Crippen LogP contribution in [0.2, 0.25) is 0 Å². The predicted molar refractivity (Wildman–Crippen MR) is 112 cm³/mol. The standard InChI is InChI=1S/C22H26N2O2S/c1-26-20-9-11-21(12-10-20)27-18-22(25)24-16-14-23(15-17-24)13-5-8-19-6-3-2-4-7-19/h2-12H,13-18H2,1H3/b8-5+. The van der Waals surface area contributed by atoms with E-state index in [9.17, 15) is 4.79 Å². The van der Waals surface area contributed by atoms with Gasteiger partial charge in [0.2, 0.25) is 5.91 Å². The Labute approximate surface area is 165 Å². The zero-order valence-electron chi connectivity index (χ0n) is 15.7. The first-order valence-corrected chi connectivity index (χ1v) is 10.2. The van der Waals surface area contributed by atoms with Crippen LogP contribution < -0.4 is 4.74 Å². The van der Waals surface area contributed by atoms with Crippen LogP contribution in [-0.4, -0.2) is 61.3 Å². The summed E-state index contributed by atoms with van der Waals surface area (Å²) in [5.41, 5.74) is 1.22. The maximum absolute atomic E-state index is 12.4. The molecule has 1 amide bonds. The molecule has 1 saturated heterocycles. The van der Waals surface area contributed by atoms with Gasteiger partial charge in [-0.2, -0.15) is 0 Å². The smallest absolute Gasteiger partial charge is 0.233 e. The van der Waals surface area contributed by atoms with Crippen LogP contribution in [0.1, 0.15) is 5.56 Å². The Morgan fingerprint density at radius 1 is 1.04 bits per heavy atom. The number of methoxy groups -OCH3 is 1. The van der Waals surface area contributed by atoms with Crippen LogP contribution in [0.15, 0.2) is 65.6 Å². The van der Waals surface area contributed by atoms with Crippen molar-refractivity contribution in [2.45, 2.75) is 4.90 Å². The zero-order chi connectivity index (χ0) is 18.9. The number of rotatable bonds is 7. The minimum Gasteiger partial charge on any atom is -0.497 e. The highest BCUT2D eigenvalue weighted by atomic mass is 32.2. The lowest BCUT2D eigenvalue weighted by molar-refractivity contribution is -0.129. The molecule has 2 aromatic carbocycles. The SMILES string of the molecule is COc1ccc(SCC(=O)N2CCN(C/C=C/c3ccccc3)CC2)cc1. The van der Waals surface area contributed by atoms with Gasteiger partial charge in [-0.15, -0.1) is 11.8 Å². The summed E-state index contributed by atoms with van der Waals surface area (Å²) in [6, 6.07) is 18.2. The average Bonchev–Trinajstić information content (AvgIpc) is 2.73. The number of piperazine rings is 1. The summed E-state index contributed by atoms with van der Waals surface area (Å²) in [5.74, 6) is 1.54. The van der Waals surface area contributed by atoms with Gasteiger partial charge in [0, 0.05) is 37.6 Å². The summed E-state index contributed by atoms with van der Waals surface area (Å²) in [6.45, 7) is 4.40. The van der Waals surface area contributed by atoms with Gasteiger partial charge in [0.05, 0.1) is 12.9 Å². The molecule has 0 N–H and O–H groups in total. The Hall–Kier alpha value is -2.24. The lowest BCUT2D eigenvalue weighted by Crippen LogP contribution is -2.49. The molecular weight excluding hydrogens is 356 g/mol. The summed E-state index contributed by atoms with van der Waals surface area (Å²) in [4.78, 5) is 17.9. The average molecular weight is 383 g/mol. The van der Waals surface area contributed by atoms with Crippen LogP contribution in [-0.2, 0) is 4.79 Å². The highest BCUT2D eigenvalue weighted by molar-refractivity contribution is 8.00. The van der Waals surface area contributed by atoms with Crippen LogP contribution in [0.25, 0.3) is 6.08 Å². The Morgan fingerprint density at radius 3 is 2.41 bits per heavy atom. The molecule has 1 aliphatic rings. The fourth-order valence-electron chi connectivity index (χ4n) is 2.99. The van der Waals surface area contributed by atoms with Gasteiger partial charge in [-0.1, -0.05) is 42.5 Å². The van der Waals surface area contributed by atoms with Gasteiger partial charge in [-0.05, 0) is 29.8 Å². The third kappa shape index (κ3) is 6.15. The summed E-state index contributed by atoms with van der Waals surface area (Å²) in [6.07, 6.45) is 4.36. The largest absolute Gasteiger partial charge is 0.497 e. The van der Waals surface area contributed by atoms with Crippen LogP contribution in [0, 0.1) is 0 Å². The third-order valence-corrected chi connectivity index (χ3v) is 5.62. The maximum atomic E-state index is 12.4. The van der Waals surface area contributed by atoms with Gasteiger partial charge < -0.3 is 9.64 Å². The van der Waals surface area contributed by atoms with Gasteiger partial charge in [-0.3, -0.25) is 9.69 Å². The fraction of sp³-hybridized carbons (Fsp3) is 0.318. The molecule has 0 saturated carbocycles. The van der Waals surface area contributed by atoms with E-state index in [1.807, 2.05) is 47.4 Å². The first kappa shape index (κ1) is 19.5. The number of nitrogens with zero attached hydrogens (tertiary/aromatic N) is 2. The molecule has 0 bridgehead atoms. The van der Waals surface area contributed by atoms with Gasteiger partial charge in [0.1, 0.15) is 5.75 Å². The van der Waals surface area contributed by atoms with E-state index in [1.165, 1.54) is 5.56 Å². The van der Waals surface area contributed by atoms with Crippen LogP contribution in [0.5, 0.6) is 5.75 Å². The number of carbonyl (C=O) groups excluding carboxylic acids is 1. The van der Waals surface area contributed by atoms with Crippen molar-refractivity contribution in [3.8, 4) is 5.75 Å². The van der Waals surface area contributed by atoms with E-state index in [1.54, 1.807) is 18.9 Å². The number of hydrogen-bond acceptors (Lipinski definition) is 4. The molecule has 0 aliphatic carbocycles. The summed E-state index contributed by atoms with van der Waals surface area (Å²) < 4.78 is 5.16. The van der Waals surface area contributed by atoms with E-state index in [4.69, 9.17) is 4.74 Å². The Balaban J connectivity index is 1.37. The van der Waals surface area contributed by atoms with E-state index in [-0.39, 0.29) is 5.91 Å². The summed E-state index contributed by atoms with van der Waals surface area (Å²) in [5, 5.41) is 0. The van der Waals surface area contributed by atoms with Crippen molar-refractivity contribution in [3.63, 3.8) is 0 Å². The summed E-state index contributed by atoms with van der Waals surface area (Å²) in [7, 11) is 1.66. The van der Waals surface area contributed by atoms with Gasteiger partial charge in [-0.25, -0.2) is 0 Å². The van der Waals surface area contributed by atoms with Crippen molar-refractivity contribution in [1.82, 2.24) is 9.80 Å². The zero-order valence-corrected chi connectivity index (χ0v) is 16.5. The highest BCUT2D eigenvalue weighted by Gasteiger charge is 2.20. The van der Waals surface area contributed by atoms with E-state index in [0.29, 0.717) is 5.75 Å². The fourth-order valence-corrected chi connectivity index (χ4v) is 3.79. The lowest BCUT2D eigenvalue weighted by Gasteiger charge is -2.34. The molecule has 0 radical (unpaired) electrons. The lowest BCUT2D eigenvalue weighted by atomic mass is 10.2. The summed E-state index contributed by atoms with van der Waals surface area (Å²) >= 11 is 1.58.